The molecule has 1 aliphatic rings. The van der Waals surface area contributed by atoms with Crippen molar-refractivity contribution in [1.29, 1.82) is 0 Å². The molecule has 0 amide bonds. The van der Waals surface area contributed by atoms with Gasteiger partial charge in [-0.25, -0.2) is 4.98 Å². The minimum Gasteiger partial charge on any atom is -0.486 e. The fraction of sp³-hybridized carbons (Fsp3) is 0.222. The van der Waals surface area contributed by atoms with E-state index in [0.717, 1.165) is 10.6 Å². The molecule has 134 valence electrons. The third kappa shape index (κ3) is 3.68. The van der Waals surface area contributed by atoms with E-state index in [2.05, 4.69) is 4.98 Å². The van der Waals surface area contributed by atoms with E-state index in [1.807, 2.05) is 11.4 Å². The molecule has 0 fully saturated rings. The lowest BCUT2D eigenvalue weighted by molar-refractivity contribution is -0.144. The van der Waals surface area contributed by atoms with Crippen molar-refractivity contribution in [3.8, 4) is 22.3 Å². The molecule has 0 saturated heterocycles. The average molecular weight is 392 g/mol. The molecule has 4 rings (SSSR count). The van der Waals surface area contributed by atoms with Crippen LogP contribution in [-0.2, 0) is 22.6 Å². The van der Waals surface area contributed by atoms with Gasteiger partial charge in [-0.1, -0.05) is 11.6 Å². The maximum absolute atomic E-state index is 12.1. The third-order valence-corrected chi connectivity index (χ3v) is 4.85. The zero-order chi connectivity index (χ0) is 17.9. The highest BCUT2D eigenvalue weighted by Gasteiger charge is 2.17. The number of halogens is 1. The molecule has 1 aliphatic heterocycles. The summed E-state index contributed by atoms with van der Waals surface area (Å²) in [6.07, 6.45) is 1.68. The molecule has 0 N–H and O–H groups in total. The third-order valence-electron chi connectivity index (χ3n) is 3.67. The van der Waals surface area contributed by atoms with E-state index in [9.17, 15) is 4.79 Å². The van der Waals surface area contributed by atoms with E-state index in [4.69, 9.17) is 30.2 Å². The highest BCUT2D eigenvalue weighted by Crippen LogP contribution is 2.38. The standard InChI is InChI=1S/C18H14ClNO5S/c19-13-6-11(7-15-17(13)24-5-4-23-15)9-25-16(21)8-12-10-26-18(20-12)14-2-1-3-22-14/h1-3,6-7,10H,4-5,8-9H2. The van der Waals surface area contributed by atoms with Crippen molar-refractivity contribution >= 4 is 28.9 Å². The maximum Gasteiger partial charge on any atom is 0.312 e. The number of benzene rings is 1. The number of furan rings is 1. The number of hydrogen-bond donors (Lipinski definition) is 0. The Morgan fingerprint density at radius 2 is 2.19 bits per heavy atom. The summed E-state index contributed by atoms with van der Waals surface area (Å²) in [5.74, 6) is 1.41. The molecule has 0 unspecified atom stereocenters. The molecule has 0 bridgehead atoms. The summed E-state index contributed by atoms with van der Waals surface area (Å²) in [4.78, 5) is 16.5. The smallest absolute Gasteiger partial charge is 0.312 e. The number of aromatic nitrogens is 1. The Kier molecular flexibility index (Phi) is 4.81. The van der Waals surface area contributed by atoms with Crippen LogP contribution in [0.3, 0.4) is 0 Å². The highest BCUT2D eigenvalue weighted by atomic mass is 35.5. The maximum atomic E-state index is 12.1. The summed E-state index contributed by atoms with van der Waals surface area (Å²) in [5, 5.41) is 2.99. The molecule has 0 radical (unpaired) electrons. The van der Waals surface area contributed by atoms with Crippen molar-refractivity contribution in [3.63, 3.8) is 0 Å². The second kappa shape index (κ2) is 7.39. The summed E-state index contributed by atoms with van der Waals surface area (Å²) in [6.45, 7) is 1.04. The van der Waals surface area contributed by atoms with Gasteiger partial charge in [-0.3, -0.25) is 4.79 Å². The van der Waals surface area contributed by atoms with Crippen molar-refractivity contribution in [2.24, 2.45) is 0 Å². The largest absolute Gasteiger partial charge is 0.486 e. The van der Waals surface area contributed by atoms with Crippen molar-refractivity contribution in [2.75, 3.05) is 13.2 Å². The quantitative estimate of drug-likeness (QED) is 0.609. The van der Waals surface area contributed by atoms with Crippen molar-refractivity contribution < 1.29 is 23.4 Å². The molecule has 26 heavy (non-hydrogen) atoms. The molecule has 1 aromatic carbocycles. The fourth-order valence-electron chi connectivity index (χ4n) is 2.51. The van der Waals surface area contributed by atoms with Gasteiger partial charge in [0.15, 0.2) is 22.3 Å². The van der Waals surface area contributed by atoms with Gasteiger partial charge < -0.3 is 18.6 Å². The van der Waals surface area contributed by atoms with Crippen LogP contribution in [0.4, 0.5) is 0 Å². The molecular weight excluding hydrogens is 378 g/mol. The normalized spacial score (nSPS) is 12.8. The number of fused-ring (bicyclic) bond motifs is 1. The Bertz CT molecular complexity index is 922. The van der Waals surface area contributed by atoms with Gasteiger partial charge >= 0.3 is 5.97 Å². The predicted molar refractivity (Wildman–Crippen MR) is 95.8 cm³/mol. The first-order chi connectivity index (χ1) is 12.7. The molecule has 0 spiro atoms. The van der Waals surface area contributed by atoms with E-state index in [1.54, 1.807) is 24.5 Å². The van der Waals surface area contributed by atoms with Crippen LogP contribution >= 0.6 is 22.9 Å². The second-order valence-electron chi connectivity index (χ2n) is 5.56. The molecule has 2 aromatic heterocycles. The van der Waals surface area contributed by atoms with Crippen LogP contribution in [0.2, 0.25) is 5.02 Å². The van der Waals surface area contributed by atoms with E-state index >= 15 is 0 Å². The lowest BCUT2D eigenvalue weighted by Crippen LogP contribution is -2.16. The number of carbonyl (C=O) groups excluding carboxylic acids is 1. The number of thiazole rings is 1. The zero-order valence-corrected chi connectivity index (χ0v) is 15.1. The first kappa shape index (κ1) is 16.9. The number of ether oxygens (including phenoxy) is 3. The number of rotatable bonds is 5. The van der Waals surface area contributed by atoms with Crippen LogP contribution < -0.4 is 9.47 Å². The first-order valence-corrected chi connectivity index (χ1v) is 9.17. The number of carbonyl (C=O) groups is 1. The Hall–Kier alpha value is -2.51. The van der Waals surface area contributed by atoms with Crippen LogP contribution in [-0.4, -0.2) is 24.2 Å². The number of nitrogens with zero attached hydrogens (tertiary/aromatic N) is 1. The van der Waals surface area contributed by atoms with Crippen LogP contribution in [0.15, 0.2) is 40.3 Å². The summed E-state index contributed by atoms with van der Waals surface area (Å²) in [6, 6.07) is 7.10. The van der Waals surface area contributed by atoms with Gasteiger partial charge in [-0.15, -0.1) is 11.3 Å². The lowest BCUT2D eigenvalue weighted by atomic mass is 10.2. The minimum absolute atomic E-state index is 0.0928. The second-order valence-corrected chi connectivity index (χ2v) is 6.83. The minimum atomic E-state index is -0.368. The first-order valence-electron chi connectivity index (χ1n) is 7.91. The molecule has 3 aromatic rings. The SMILES string of the molecule is O=C(Cc1csc(-c2ccco2)n1)OCc1cc(Cl)c2c(c1)OCCO2. The topological polar surface area (TPSA) is 70.8 Å². The lowest BCUT2D eigenvalue weighted by Gasteiger charge is -2.20. The van der Waals surface area contributed by atoms with Gasteiger partial charge in [0, 0.05) is 5.38 Å². The predicted octanol–water partition coefficient (Wildman–Crippen LogP) is 4.11. The van der Waals surface area contributed by atoms with Crippen LogP contribution in [0, 0.1) is 0 Å². The van der Waals surface area contributed by atoms with Crippen molar-refractivity contribution in [2.45, 2.75) is 13.0 Å². The Morgan fingerprint density at radius 1 is 1.31 bits per heavy atom. The van der Waals surface area contributed by atoms with E-state index in [1.165, 1.54) is 11.3 Å². The van der Waals surface area contributed by atoms with E-state index in [0.29, 0.717) is 41.2 Å². The highest BCUT2D eigenvalue weighted by molar-refractivity contribution is 7.13. The van der Waals surface area contributed by atoms with Crippen molar-refractivity contribution in [1.82, 2.24) is 4.98 Å². The molecule has 0 saturated carbocycles. The van der Waals surface area contributed by atoms with Gasteiger partial charge in [-0.2, -0.15) is 0 Å². The van der Waals surface area contributed by atoms with Crippen LogP contribution in [0.5, 0.6) is 11.5 Å². The Morgan fingerprint density at radius 3 is 3.04 bits per heavy atom. The number of hydrogen-bond acceptors (Lipinski definition) is 7. The van der Waals surface area contributed by atoms with Crippen molar-refractivity contribution in [3.05, 3.63) is 52.2 Å². The Balaban J connectivity index is 1.36. The molecule has 0 atom stereocenters. The zero-order valence-electron chi connectivity index (χ0n) is 13.6. The molecular formula is C18H14ClNO5S. The molecule has 0 aliphatic carbocycles. The summed E-state index contributed by atoms with van der Waals surface area (Å²) < 4.78 is 21.6. The summed E-state index contributed by atoms with van der Waals surface area (Å²) in [5.41, 5.74) is 1.38. The van der Waals surface area contributed by atoms with Gasteiger partial charge in [0.1, 0.15) is 19.8 Å². The monoisotopic (exact) mass is 391 g/mol. The number of esters is 1. The average Bonchev–Trinajstić information content (AvgIpc) is 3.31. The molecule has 8 heteroatoms. The van der Waals surface area contributed by atoms with Gasteiger partial charge in [0.05, 0.1) is 23.4 Å². The fourth-order valence-corrected chi connectivity index (χ4v) is 3.59. The van der Waals surface area contributed by atoms with Crippen LogP contribution in [0.25, 0.3) is 10.8 Å². The van der Waals surface area contributed by atoms with Gasteiger partial charge in [-0.05, 0) is 29.8 Å². The molecule has 6 nitrogen and oxygen atoms in total. The van der Waals surface area contributed by atoms with E-state index < -0.39 is 0 Å². The summed E-state index contributed by atoms with van der Waals surface area (Å²) >= 11 is 7.60. The summed E-state index contributed by atoms with van der Waals surface area (Å²) in [7, 11) is 0. The molecule has 3 heterocycles. The van der Waals surface area contributed by atoms with E-state index in [-0.39, 0.29) is 19.0 Å². The van der Waals surface area contributed by atoms with Gasteiger partial charge in [0.25, 0.3) is 0 Å². The Labute approximate surface area is 158 Å². The van der Waals surface area contributed by atoms with Gasteiger partial charge in [0.2, 0.25) is 0 Å². The van der Waals surface area contributed by atoms with Crippen LogP contribution in [0.1, 0.15) is 11.3 Å².